The molecule has 0 saturated carbocycles. The summed E-state index contributed by atoms with van der Waals surface area (Å²) in [5.74, 6) is 1.57. The average Bonchev–Trinajstić information content (AvgIpc) is 3.35. The van der Waals surface area contributed by atoms with Gasteiger partial charge in [-0.3, -0.25) is 9.88 Å². The van der Waals surface area contributed by atoms with Crippen LogP contribution >= 0.6 is 0 Å². The Morgan fingerprint density at radius 2 is 1.85 bits per heavy atom. The molecule has 10 nitrogen and oxygen atoms in total. The van der Waals surface area contributed by atoms with Crippen molar-refractivity contribution >= 4 is 23.0 Å². The van der Waals surface area contributed by atoms with Crippen LogP contribution in [0.15, 0.2) is 49.2 Å². The van der Waals surface area contributed by atoms with E-state index in [1.807, 2.05) is 30.5 Å². The Balaban J connectivity index is 1.34. The predicted octanol–water partition coefficient (Wildman–Crippen LogP) is 2.35. The number of nitrogens with one attached hydrogen (secondary N) is 1. The van der Waals surface area contributed by atoms with Crippen LogP contribution in [0.3, 0.4) is 0 Å². The Hall–Kier alpha value is -3.63. The van der Waals surface area contributed by atoms with Crippen molar-refractivity contribution in [3.05, 3.63) is 54.9 Å². The first-order chi connectivity index (χ1) is 16.1. The highest BCUT2D eigenvalue weighted by Crippen LogP contribution is 2.25. The number of aliphatic hydroxyl groups is 1. The van der Waals surface area contributed by atoms with Crippen LogP contribution in [0.1, 0.15) is 19.5 Å². The lowest BCUT2D eigenvalue weighted by molar-refractivity contribution is 0.209. The molecule has 5 heterocycles. The molecule has 5 rings (SSSR count). The summed E-state index contributed by atoms with van der Waals surface area (Å²) in [6, 6.07) is 8.30. The van der Waals surface area contributed by atoms with Crippen LogP contribution in [0.25, 0.3) is 16.9 Å². The second-order valence-corrected chi connectivity index (χ2v) is 8.33. The number of anilines is 3. The van der Waals surface area contributed by atoms with Gasteiger partial charge >= 0.3 is 0 Å². The Kier molecular flexibility index (Phi) is 5.84. The van der Waals surface area contributed by atoms with Gasteiger partial charge in [0.15, 0.2) is 11.5 Å². The number of hydrogen-bond acceptors (Lipinski definition) is 9. The van der Waals surface area contributed by atoms with E-state index in [1.54, 1.807) is 16.9 Å². The summed E-state index contributed by atoms with van der Waals surface area (Å²) in [7, 11) is 0. The molecule has 10 heteroatoms. The van der Waals surface area contributed by atoms with Gasteiger partial charge in [0, 0.05) is 44.0 Å². The fourth-order valence-corrected chi connectivity index (χ4v) is 4.08. The maximum absolute atomic E-state index is 9.39. The number of hydrogen-bond donors (Lipinski definition) is 2. The van der Waals surface area contributed by atoms with Gasteiger partial charge in [-0.1, -0.05) is 0 Å². The molecule has 1 fully saturated rings. The smallest absolute Gasteiger partial charge is 0.199 e. The highest BCUT2D eigenvalue weighted by atomic mass is 16.3. The number of rotatable bonds is 6. The van der Waals surface area contributed by atoms with Gasteiger partial charge in [-0.2, -0.15) is 5.10 Å². The predicted molar refractivity (Wildman–Crippen MR) is 126 cm³/mol. The molecule has 0 spiro atoms. The highest BCUT2D eigenvalue weighted by molar-refractivity contribution is 5.73. The van der Waals surface area contributed by atoms with Crippen molar-refractivity contribution in [3.8, 4) is 11.3 Å². The molecule has 0 radical (unpaired) electrons. The molecule has 0 aromatic carbocycles. The molecular formula is C23H27N9O. The molecule has 0 atom stereocenters. The van der Waals surface area contributed by atoms with Gasteiger partial charge in [0.25, 0.3) is 0 Å². The van der Waals surface area contributed by atoms with Crippen LogP contribution in [0, 0.1) is 0 Å². The fraction of sp³-hybridized carbons (Fsp3) is 0.348. The molecule has 1 saturated heterocycles. The molecule has 0 amide bonds. The number of aromatic nitrogens is 6. The molecule has 0 aliphatic carbocycles. The summed E-state index contributed by atoms with van der Waals surface area (Å²) >= 11 is 0. The van der Waals surface area contributed by atoms with Gasteiger partial charge < -0.3 is 15.3 Å². The fourth-order valence-electron chi connectivity index (χ4n) is 4.08. The van der Waals surface area contributed by atoms with E-state index in [0.717, 1.165) is 48.9 Å². The van der Waals surface area contributed by atoms with E-state index < -0.39 is 0 Å². The van der Waals surface area contributed by atoms with E-state index in [2.05, 4.69) is 54.0 Å². The Morgan fingerprint density at radius 1 is 1.00 bits per heavy atom. The Labute approximate surface area is 192 Å². The molecule has 170 valence electrons. The maximum atomic E-state index is 9.39. The molecule has 1 aliphatic heterocycles. The number of nitrogens with zero attached hydrogens (tertiary/aromatic N) is 8. The molecule has 4 aromatic rings. The van der Waals surface area contributed by atoms with E-state index in [1.165, 1.54) is 6.33 Å². The number of pyridine rings is 2. The first-order valence-corrected chi connectivity index (χ1v) is 11.1. The van der Waals surface area contributed by atoms with E-state index in [0.29, 0.717) is 23.2 Å². The van der Waals surface area contributed by atoms with Crippen molar-refractivity contribution in [2.24, 2.45) is 0 Å². The second kappa shape index (κ2) is 9.08. The molecule has 0 bridgehead atoms. The summed E-state index contributed by atoms with van der Waals surface area (Å²) in [6.07, 6.45) is 6.71. The zero-order valence-electron chi connectivity index (χ0n) is 18.8. The summed E-state index contributed by atoms with van der Waals surface area (Å²) in [6.45, 7) is 8.42. The van der Waals surface area contributed by atoms with Gasteiger partial charge in [-0.15, -0.1) is 0 Å². The first kappa shape index (κ1) is 21.2. The summed E-state index contributed by atoms with van der Waals surface area (Å²) in [4.78, 5) is 22.6. The summed E-state index contributed by atoms with van der Waals surface area (Å²) in [5, 5.41) is 17.1. The molecule has 2 N–H and O–H groups in total. The van der Waals surface area contributed by atoms with Crippen molar-refractivity contribution in [1.82, 2.24) is 34.4 Å². The topological polar surface area (TPSA) is 108 Å². The van der Waals surface area contributed by atoms with Crippen molar-refractivity contribution in [2.45, 2.75) is 26.5 Å². The van der Waals surface area contributed by atoms with E-state index >= 15 is 0 Å². The van der Waals surface area contributed by atoms with E-state index in [4.69, 9.17) is 0 Å². The summed E-state index contributed by atoms with van der Waals surface area (Å²) < 4.78 is 1.72. The maximum Gasteiger partial charge on any atom is 0.199 e. The van der Waals surface area contributed by atoms with Gasteiger partial charge in [0.2, 0.25) is 0 Å². The largest absolute Gasteiger partial charge is 0.390 e. The van der Waals surface area contributed by atoms with Gasteiger partial charge in [-0.25, -0.2) is 19.5 Å². The minimum Gasteiger partial charge on any atom is -0.390 e. The van der Waals surface area contributed by atoms with E-state index in [9.17, 15) is 5.11 Å². The van der Waals surface area contributed by atoms with Crippen molar-refractivity contribution in [1.29, 1.82) is 0 Å². The average molecular weight is 446 g/mol. The molecule has 0 unspecified atom stereocenters. The van der Waals surface area contributed by atoms with Crippen LogP contribution in [-0.4, -0.2) is 71.8 Å². The van der Waals surface area contributed by atoms with Crippen molar-refractivity contribution in [2.75, 3.05) is 36.4 Å². The quantitative estimate of drug-likeness (QED) is 0.462. The van der Waals surface area contributed by atoms with Crippen LogP contribution in [0.2, 0.25) is 0 Å². The Bertz CT molecular complexity index is 1230. The zero-order valence-corrected chi connectivity index (χ0v) is 18.8. The van der Waals surface area contributed by atoms with Crippen molar-refractivity contribution < 1.29 is 5.11 Å². The second-order valence-electron chi connectivity index (χ2n) is 8.33. The number of aliphatic hydroxyl groups excluding tert-OH is 1. The standard InChI is InChI=1S/C23H27N9O/c1-16(2)30-7-9-31(10-8-30)21-4-3-18(12-25-21)29-22-23-27-15-28-32(23)20(13-26-22)17-5-6-24-19(11-17)14-33/h3-6,11-13,15-16,33H,7-10,14H2,1-2H3,(H,26,29). The number of piperazine rings is 1. The van der Waals surface area contributed by atoms with Crippen LogP contribution < -0.4 is 10.2 Å². The minimum atomic E-state index is -0.127. The normalized spacial score (nSPS) is 14.8. The van der Waals surface area contributed by atoms with Gasteiger partial charge in [0.05, 0.1) is 36.1 Å². The third kappa shape index (κ3) is 4.35. The van der Waals surface area contributed by atoms with Crippen LogP contribution in [-0.2, 0) is 6.61 Å². The van der Waals surface area contributed by atoms with Crippen LogP contribution in [0.5, 0.6) is 0 Å². The monoisotopic (exact) mass is 445 g/mol. The Morgan fingerprint density at radius 3 is 2.58 bits per heavy atom. The highest BCUT2D eigenvalue weighted by Gasteiger charge is 2.20. The molecule has 4 aromatic heterocycles. The lowest BCUT2D eigenvalue weighted by Crippen LogP contribution is -2.49. The summed E-state index contributed by atoms with van der Waals surface area (Å²) in [5.41, 5.74) is 3.63. The molecular weight excluding hydrogens is 418 g/mol. The van der Waals surface area contributed by atoms with Gasteiger partial charge in [0.1, 0.15) is 12.1 Å². The van der Waals surface area contributed by atoms with Gasteiger partial charge in [-0.05, 0) is 38.1 Å². The van der Waals surface area contributed by atoms with Crippen molar-refractivity contribution in [3.63, 3.8) is 0 Å². The molecule has 33 heavy (non-hydrogen) atoms. The lowest BCUT2D eigenvalue weighted by Gasteiger charge is -2.37. The zero-order chi connectivity index (χ0) is 22.8. The van der Waals surface area contributed by atoms with Crippen LogP contribution in [0.4, 0.5) is 17.3 Å². The van der Waals surface area contributed by atoms with E-state index in [-0.39, 0.29) is 6.61 Å². The lowest BCUT2D eigenvalue weighted by atomic mass is 10.2. The molecule has 1 aliphatic rings. The first-order valence-electron chi connectivity index (χ1n) is 11.1. The minimum absolute atomic E-state index is 0.127. The third-order valence-corrected chi connectivity index (χ3v) is 5.96. The third-order valence-electron chi connectivity index (χ3n) is 5.96. The number of fused-ring (bicyclic) bond motifs is 1. The SMILES string of the molecule is CC(C)N1CCN(c2ccc(Nc3ncc(-c4ccnc(CO)c4)n4ncnc34)cn2)CC1.